The van der Waals surface area contributed by atoms with Crippen LogP contribution >= 0.6 is 11.6 Å². The van der Waals surface area contributed by atoms with Crippen LogP contribution in [0.4, 0.5) is 4.39 Å². The van der Waals surface area contributed by atoms with Gasteiger partial charge < -0.3 is 0 Å². The van der Waals surface area contributed by atoms with Crippen LogP contribution in [0.1, 0.15) is 25.0 Å². The molecular weight excluding hydrogens is 259 g/mol. The molecule has 0 aliphatic heterocycles. The summed E-state index contributed by atoms with van der Waals surface area (Å²) in [5.74, 6) is 0.194. The molecule has 0 spiro atoms. The molecule has 98 valence electrons. The van der Waals surface area contributed by atoms with E-state index in [-0.39, 0.29) is 5.82 Å². The van der Waals surface area contributed by atoms with E-state index in [1.807, 2.05) is 24.3 Å². The van der Waals surface area contributed by atoms with E-state index in [9.17, 15) is 4.39 Å². The van der Waals surface area contributed by atoms with Gasteiger partial charge in [-0.25, -0.2) is 4.39 Å². The van der Waals surface area contributed by atoms with Crippen LogP contribution in [0.15, 0.2) is 54.6 Å². The average Bonchev–Trinajstić information content (AvgIpc) is 2.38. The first-order chi connectivity index (χ1) is 9.06. The Bertz CT molecular complexity index is 518. The zero-order valence-electron chi connectivity index (χ0n) is 11.0. The first kappa shape index (κ1) is 13.8. The molecule has 0 aromatic heterocycles. The molecule has 2 aromatic carbocycles. The summed E-state index contributed by atoms with van der Waals surface area (Å²) in [7, 11) is 0. The van der Waals surface area contributed by atoms with Gasteiger partial charge in [0.2, 0.25) is 0 Å². The molecule has 0 nitrogen and oxygen atoms in total. The summed E-state index contributed by atoms with van der Waals surface area (Å²) < 4.78 is 13.0. The molecule has 19 heavy (non-hydrogen) atoms. The third kappa shape index (κ3) is 3.68. The predicted octanol–water partition coefficient (Wildman–Crippen LogP) is 5.57. The van der Waals surface area contributed by atoms with Crippen LogP contribution in [-0.2, 0) is 0 Å². The molecule has 2 heteroatoms. The maximum atomic E-state index is 13.0. The van der Waals surface area contributed by atoms with E-state index in [0.717, 1.165) is 16.7 Å². The monoisotopic (exact) mass is 274 g/mol. The van der Waals surface area contributed by atoms with Crippen molar-refractivity contribution in [3.05, 3.63) is 76.6 Å². The first-order valence-electron chi connectivity index (χ1n) is 6.30. The van der Waals surface area contributed by atoms with Crippen molar-refractivity contribution in [1.29, 1.82) is 0 Å². The zero-order valence-corrected chi connectivity index (χ0v) is 11.8. The zero-order chi connectivity index (χ0) is 13.8. The SMILES string of the molecule is CC(C)C=C(c1ccc(F)cc1)c1ccc(Cl)cc1. The molecule has 0 saturated carbocycles. The summed E-state index contributed by atoms with van der Waals surface area (Å²) in [6.45, 7) is 4.25. The Morgan fingerprint density at radius 1 is 0.947 bits per heavy atom. The van der Waals surface area contributed by atoms with E-state index in [1.165, 1.54) is 12.1 Å². The van der Waals surface area contributed by atoms with E-state index < -0.39 is 0 Å². The number of rotatable bonds is 3. The van der Waals surface area contributed by atoms with Gasteiger partial charge in [-0.2, -0.15) is 0 Å². The second-order valence-corrected chi connectivity index (χ2v) is 5.27. The van der Waals surface area contributed by atoms with Crippen molar-refractivity contribution in [2.75, 3.05) is 0 Å². The number of hydrogen-bond acceptors (Lipinski definition) is 0. The van der Waals surface area contributed by atoms with Gasteiger partial charge in [-0.3, -0.25) is 0 Å². The van der Waals surface area contributed by atoms with Crippen molar-refractivity contribution >= 4 is 17.2 Å². The van der Waals surface area contributed by atoms with Gasteiger partial charge in [0.15, 0.2) is 0 Å². The highest BCUT2D eigenvalue weighted by Crippen LogP contribution is 2.26. The summed E-state index contributed by atoms with van der Waals surface area (Å²) >= 11 is 5.92. The Balaban J connectivity index is 2.47. The Labute approximate surface area is 118 Å². The summed E-state index contributed by atoms with van der Waals surface area (Å²) in [6, 6.07) is 14.3. The van der Waals surface area contributed by atoms with Gasteiger partial charge >= 0.3 is 0 Å². The van der Waals surface area contributed by atoms with Crippen LogP contribution in [0.3, 0.4) is 0 Å². The Morgan fingerprint density at radius 3 is 1.89 bits per heavy atom. The van der Waals surface area contributed by atoms with E-state index in [0.29, 0.717) is 10.9 Å². The molecular formula is C17H16ClF. The average molecular weight is 275 g/mol. The molecule has 2 aromatic rings. The summed E-state index contributed by atoms with van der Waals surface area (Å²) in [6.07, 6.45) is 2.18. The van der Waals surface area contributed by atoms with Crippen LogP contribution in [-0.4, -0.2) is 0 Å². The Kier molecular flexibility index (Phi) is 4.39. The molecule has 2 rings (SSSR count). The largest absolute Gasteiger partial charge is 0.207 e. The van der Waals surface area contributed by atoms with Gasteiger partial charge in [0.25, 0.3) is 0 Å². The summed E-state index contributed by atoms with van der Waals surface area (Å²) in [5, 5.41) is 0.715. The third-order valence-corrected chi connectivity index (χ3v) is 3.06. The van der Waals surface area contributed by atoms with Crippen molar-refractivity contribution in [2.45, 2.75) is 13.8 Å². The lowest BCUT2D eigenvalue weighted by atomic mass is 9.95. The van der Waals surface area contributed by atoms with Gasteiger partial charge in [0, 0.05) is 5.02 Å². The van der Waals surface area contributed by atoms with Gasteiger partial charge in [0.05, 0.1) is 0 Å². The van der Waals surface area contributed by atoms with Gasteiger partial charge in [-0.1, -0.05) is 55.8 Å². The molecule has 0 saturated heterocycles. The number of benzene rings is 2. The topological polar surface area (TPSA) is 0 Å². The molecule has 0 unspecified atom stereocenters. The second kappa shape index (κ2) is 6.03. The minimum atomic E-state index is -0.219. The second-order valence-electron chi connectivity index (χ2n) is 4.84. The fourth-order valence-corrected chi connectivity index (χ4v) is 2.08. The highest BCUT2D eigenvalue weighted by atomic mass is 35.5. The standard InChI is InChI=1S/C17H16ClF/c1-12(2)11-17(13-3-7-15(18)8-4-13)14-5-9-16(19)10-6-14/h3-12H,1-2H3. The molecule has 0 amide bonds. The van der Waals surface area contributed by atoms with Crippen molar-refractivity contribution in [3.63, 3.8) is 0 Å². The quantitative estimate of drug-likeness (QED) is 0.687. The van der Waals surface area contributed by atoms with Gasteiger partial charge in [-0.05, 0) is 46.9 Å². The Hall–Kier alpha value is -1.60. The summed E-state index contributed by atoms with van der Waals surface area (Å²) in [5.41, 5.74) is 3.20. The molecule has 0 N–H and O–H groups in total. The molecule has 0 aliphatic carbocycles. The third-order valence-electron chi connectivity index (χ3n) is 2.81. The normalized spacial score (nSPS) is 11.9. The highest BCUT2D eigenvalue weighted by molar-refractivity contribution is 6.30. The fraction of sp³-hybridized carbons (Fsp3) is 0.176. The molecule has 0 aliphatic rings. The Morgan fingerprint density at radius 2 is 1.42 bits per heavy atom. The highest BCUT2D eigenvalue weighted by Gasteiger charge is 2.06. The lowest BCUT2D eigenvalue weighted by molar-refractivity contribution is 0.627. The maximum Gasteiger partial charge on any atom is 0.123 e. The van der Waals surface area contributed by atoms with Crippen molar-refractivity contribution in [2.24, 2.45) is 5.92 Å². The fourth-order valence-electron chi connectivity index (χ4n) is 1.95. The molecule has 0 atom stereocenters. The van der Waals surface area contributed by atoms with Crippen LogP contribution in [0.2, 0.25) is 5.02 Å². The number of allylic oxidation sites excluding steroid dienone is 1. The van der Waals surface area contributed by atoms with Crippen LogP contribution in [0.5, 0.6) is 0 Å². The van der Waals surface area contributed by atoms with Crippen LogP contribution < -0.4 is 0 Å². The molecule has 0 fully saturated rings. The minimum absolute atomic E-state index is 0.219. The number of hydrogen-bond donors (Lipinski definition) is 0. The predicted molar refractivity (Wildman–Crippen MR) is 79.8 cm³/mol. The van der Waals surface area contributed by atoms with E-state index in [4.69, 9.17) is 11.6 Å². The van der Waals surface area contributed by atoms with Crippen LogP contribution in [0.25, 0.3) is 5.57 Å². The lowest BCUT2D eigenvalue weighted by Crippen LogP contribution is -1.91. The van der Waals surface area contributed by atoms with Crippen molar-refractivity contribution < 1.29 is 4.39 Å². The lowest BCUT2D eigenvalue weighted by Gasteiger charge is -2.10. The van der Waals surface area contributed by atoms with Gasteiger partial charge in [-0.15, -0.1) is 0 Å². The molecule has 0 radical (unpaired) electrons. The van der Waals surface area contributed by atoms with Crippen molar-refractivity contribution in [1.82, 2.24) is 0 Å². The van der Waals surface area contributed by atoms with E-state index in [2.05, 4.69) is 19.9 Å². The number of halogens is 2. The first-order valence-corrected chi connectivity index (χ1v) is 6.68. The van der Waals surface area contributed by atoms with Crippen molar-refractivity contribution in [3.8, 4) is 0 Å². The van der Waals surface area contributed by atoms with E-state index >= 15 is 0 Å². The maximum absolute atomic E-state index is 13.0. The molecule has 0 heterocycles. The van der Waals surface area contributed by atoms with Gasteiger partial charge in [0.1, 0.15) is 5.82 Å². The molecule has 0 bridgehead atoms. The smallest absolute Gasteiger partial charge is 0.123 e. The summed E-state index contributed by atoms with van der Waals surface area (Å²) in [4.78, 5) is 0. The van der Waals surface area contributed by atoms with Crippen LogP contribution in [0, 0.1) is 11.7 Å². The minimum Gasteiger partial charge on any atom is -0.207 e. The van der Waals surface area contributed by atoms with E-state index in [1.54, 1.807) is 12.1 Å².